The Morgan fingerprint density at radius 2 is 1.59 bits per heavy atom. The lowest BCUT2D eigenvalue weighted by Crippen LogP contribution is -2.18. The first-order valence-corrected chi connectivity index (χ1v) is 14.7. The quantitative estimate of drug-likeness (QED) is 0.0649. The van der Waals surface area contributed by atoms with Crippen molar-refractivity contribution in [3.8, 4) is 39.9 Å². The first-order valence-electron chi connectivity index (χ1n) is 14.0. The van der Waals surface area contributed by atoms with Crippen molar-refractivity contribution < 1.29 is 33.3 Å². The second-order valence-electron chi connectivity index (χ2n) is 9.69. The van der Waals surface area contributed by atoms with Crippen LogP contribution in [0.5, 0.6) is 28.7 Å². The topological polar surface area (TPSA) is 120 Å². The lowest BCUT2D eigenvalue weighted by atomic mass is 10.0. The molecule has 12 heteroatoms. The highest BCUT2D eigenvalue weighted by atomic mass is 35.5. The molecule has 0 aliphatic rings. The van der Waals surface area contributed by atoms with Crippen molar-refractivity contribution in [2.75, 3.05) is 27.9 Å². The Morgan fingerprint density at radius 3 is 2.24 bits per heavy atom. The fraction of sp³-hybridized carbons (Fsp3) is 0.147. The summed E-state index contributed by atoms with van der Waals surface area (Å²) in [6, 6.07) is 20.6. The van der Waals surface area contributed by atoms with Gasteiger partial charge in [-0.3, -0.25) is 4.79 Å². The lowest BCUT2D eigenvalue weighted by Gasteiger charge is -2.15. The number of carbonyl (C=O) groups is 2. The van der Waals surface area contributed by atoms with Crippen LogP contribution in [0.3, 0.4) is 0 Å². The first-order chi connectivity index (χ1) is 22.3. The molecule has 0 aliphatic heterocycles. The number of methoxy groups -OCH3 is 3. The molecule has 0 fully saturated rings. The van der Waals surface area contributed by atoms with Crippen molar-refractivity contribution in [1.29, 1.82) is 0 Å². The van der Waals surface area contributed by atoms with Crippen LogP contribution in [0, 0.1) is 0 Å². The molecule has 46 heavy (non-hydrogen) atoms. The number of hydrogen-bond donors (Lipinski definition) is 2. The number of esters is 1. The highest BCUT2D eigenvalue weighted by Gasteiger charge is 2.22. The Balaban J connectivity index is 1.37. The monoisotopic (exact) mass is 661 g/mol. The average Bonchev–Trinajstić information content (AvgIpc) is 3.45. The molecule has 0 spiro atoms. The molecular formula is C34H29Cl2N3O7. The van der Waals surface area contributed by atoms with Crippen LogP contribution in [-0.4, -0.2) is 51.0 Å². The Kier molecular flexibility index (Phi) is 10.00. The van der Waals surface area contributed by atoms with Gasteiger partial charge in [-0.1, -0.05) is 53.5 Å². The Morgan fingerprint density at radius 1 is 0.870 bits per heavy atom. The molecular weight excluding hydrogens is 633 g/mol. The van der Waals surface area contributed by atoms with Crippen LogP contribution in [0.2, 0.25) is 10.0 Å². The van der Waals surface area contributed by atoms with Crippen molar-refractivity contribution >= 4 is 52.2 Å². The largest absolute Gasteiger partial charge is 0.493 e. The van der Waals surface area contributed by atoms with E-state index in [2.05, 4.69) is 15.5 Å². The molecule has 0 aliphatic carbocycles. The molecule has 1 heterocycles. The maximum Gasteiger partial charge on any atom is 0.343 e. The molecule has 0 saturated heterocycles. The SMILES string of the molecule is CCOc1cc(C=NNC(=O)c2[nH]c3c(Cl)cc(Cl)cc3c2-c2ccccc2)ccc1OC(=O)c1cc(OC)c(OC)c(OC)c1. The maximum absolute atomic E-state index is 13.4. The fourth-order valence-corrected chi connectivity index (χ4v) is 5.37. The van der Waals surface area contributed by atoms with E-state index < -0.39 is 11.9 Å². The van der Waals surface area contributed by atoms with Crippen molar-refractivity contribution in [2.45, 2.75) is 6.92 Å². The predicted molar refractivity (Wildman–Crippen MR) is 177 cm³/mol. The van der Waals surface area contributed by atoms with Crippen molar-refractivity contribution in [2.24, 2.45) is 5.10 Å². The number of nitrogens with one attached hydrogen (secondary N) is 2. The molecule has 1 aromatic heterocycles. The number of aromatic amines is 1. The smallest absolute Gasteiger partial charge is 0.343 e. The minimum atomic E-state index is -0.664. The normalized spacial score (nSPS) is 11.0. The van der Waals surface area contributed by atoms with Crippen molar-refractivity contribution in [3.05, 3.63) is 99.7 Å². The minimum absolute atomic E-state index is 0.181. The van der Waals surface area contributed by atoms with Crippen LogP contribution in [-0.2, 0) is 0 Å². The van der Waals surface area contributed by atoms with E-state index in [-0.39, 0.29) is 17.0 Å². The summed E-state index contributed by atoms with van der Waals surface area (Å²) in [5.74, 6) is 0.295. The van der Waals surface area contributed by atoms with Gasteiger partial charge in [-0.15, -0.1) is 0 Å². The Labute approximate surface area is 274 Å². The van der Waals surface area contributed by atoms with E-state index in [9.17, 15) is 9.59 Å². The maximum atomic E-state index is 13.4. The summed E-state index contributed by atoms with van der Waals surface area (Å²) in [5, 5.41) is 5.69. The van der Waals surface area contributed by atoms with Gasteiger partial charge in [0.05, 0.1) is 50.3 Å². The van der Waals surface area contributed by atoms with Gasteiger partial charge in [0.15, 0.2) is 23.0 Å². The number of rotatable bonds is 11. The van der Waals surface area contributed by atoms with Gasteiger partial charge in [0.1, 0.15) is 5.69 Å². The number of halogens is 2. The molecule has 1 amide bonds. The highest BCUT2D eigenvalue weighted by Crippen LogP contribution is 2.39. The summed E-state index contributed by atoms with van der Waals surface area (Å²) in [6.45, 7) is 2.11. The third kappa shape index (κ3) is 6.73. The summed E-state index contributed by atoms with van der Waals surface area (Å²) in [7, 11) is 4.38. The molecule has 0 saturated carbocycles. The molecule has 236 valence electrons. The van der Waals surface area contributed by atoms with E-state index in [4.69, 9.17) is 46.9 Å². The van der Waals surface area contributed by atoms with Crippen LogP contribution in [0.25, 0.3) is 22.0 Å². The van der Waals surface area contributed by atoms with Crippen LogP contribution in [0.15, 0.2) is 77.9 Å². The van der Waals surface area contributed by atoms with Gasteiger partial charge in [0, 0.05) is 16.0 Å². The molecule has 0 unspecified atom stereocenters. The zero-order valence-electron chi connectivity index (χ0n) is 25.3. The highest BCUT2D eigenvalue weighted by molar-refractivity contribution is 6.39. The van der Waals surface area contributed by atoms with Crippen molar-refractivity contribution in [1.82, 2.24) is 10.4 Å². The van der Waals surface area contributed by atoms with Gasteiger partial charge < -0.3 is 28.7 Å². The van der Waals surface area contributed by atoms with Crippen LogP contribution < -0.4 is 29.1 Å². The number of H-pyrrole nitrogens is 1. The van der Waals surface area contributed by atoms with Crippen LogP contribution in [0.1, 0.15) is 33.3 Å². The van der Waals surface area contributed by atoms with Gasteiger partial charge >= 0.3 is 5.97 Å². The van der Waals surface area contributed by atoms with E-state index in [1.165, 1.54) is 39.7 Å². The Bertz CT molecular complexity index is 1920. The number of carbonyl (C=O) groups excluding carboxylic acids is 2. The second-order valence-corrected chi connectivity index (χ2v) is 10.5. The zero-order valence-corrected chi connectivity index (χ0v) is 26.8. The van der Waals surface area contributed by atoms with Gasteiger partial charge in [0.25, 0.3) is 5.91 Å². The van der Waals surface area contributed by atoms with E-state index in [0.717, 1.165) is 5.56 Å². The number of hydrazone groups is 1. The lowest BCUT2D eigenvalue weighted by molar-refractivity contribution is 0.0727. The van der Waals surface area contributed by atoms with Crippen LogP contribution in [0.4, 0.5) is 0 Å². The molecule has 2 N–H and O–H groups in total. The van der Waals surface area contributed by atoms with Crippen LogP contribution >= 0.6 is 23.2 Å². The third-order valence-corrected chi connectivity index (χ3v) is 7.38. The molecule has 0 radical (unpaired) electrons. The van der Waals surface area contributed by atoms with Crippen molar-refractivity contribution in [3.63, 3.8) is 0 Å². The fourth-order valence-electron chi connectivity index (χ4n) is 4.83. The molecule has 0 bridgehead atoms. The average molecular weight is 663 g/mol. The van der Waals surface area contributed by atoms with E-state index in [1.54, 1.807) is 37.3 Å². The number of hydrogen-bond acceptors (Lipinski definition) is 8. The van der Waals surface area contributed by atoms with Gasteiger partial charge in [-0.25, -0.2) is 10.2 Å². The number of benzene rings is 4. The van der Waals surface area contributed by atoms with Gasteiger partial charge in [-0.2, -0.15) is 5.10 Å². The molecule has 4 aromatic carbocycles. The predicted octanol–water partition coefficient (Wildman–Crippen LogP) is 7.55. The summed E-state index contributed by atoms with van der Waals surface area (Å²) in [4.78, 5) is 29.6. The molecule has 5 rings (SSSR count). The third-order valence-electron chi connectivity index (χ3n) is 6.86. The summed E-state index contributed by atoms with van der Waals surface area (Å²) >= 11 is 12.7. The summed E-state index contributed by atoms with van der Waals surface area (Å²) in [5.41, 5.74) is 5.62. The minimum Gasteiger partial charge on any atom is -0.493 e. The number of fused-ring (bicyclic) bond motifs is 1. The zero-order chi connectivity index (χ0) is 32.8. The second kappa shape index (κ2) is 14.3. The molecule has 10 nitrogen and oxygen atoms in total. The standard InChI is InChI=1S/C34H29Cl2N3O7/c1-5-45-26-13-19(11-12-25(26)46-34(41)21-14-27(42-2)32(44-4)28(15-21)43-3)18-37-39-33(40)31-29(20-9-7-6-8-10-20)23-16-22(35)17-24(36)30(23)38-31/h6-18,38H,5H2,1-4H3,(H,39,40). The van der Waals surface area contributed by atoms with E-state index >= 15 is 0 Å². The Hall–Kier alpha value is -5.19. The number of ether oxygens (including phenoxy) is 5. The first kappa shape index (κ1) is 32.2. The molecule has 5 aromatic rings. The summed E-state index contributed by atoms with van der Waals surface area (Å²) < 4.78 is 27.4. The van der Waals surface area contributed by atoms with E-state index in [0.29, 0.717) is 61.7 Å². The van der Waals surface area contributed by atoms with Gasteiger partial charge in [0.2, 0.25) is 5.75 Å². The number of aromatic nitrogens is 1. The number of amides is 1. The number of nitrogens with zero attached hydrogens (tertiary/aromatic N) is 1. The van der Waals surface area contributed by atoms with Gasteiger partial charge in [-0.05, 0) is 60.5 Å². The van der Waals surface area contributed by atoms with E-state index in [1.807, 2.05) is 30.3 Å². The summed E-state index contributed by atoms with van der Waals surface area (Å²) in [6.07, 6.45) is 1.44. The molecule has 0 atom stereocenters.